The summed E-state index contributed by atoms with van der Waals surface area (Å²) in [7, 11) is 0.477. The van der Waals surface area contributed by atoms with Gasteiger partial charge in [-0.15, -0.1) is 0 Å². The fraction of sp³-hybridized carbons (Fsp3) is 0.231. The summed E-state index contributed by atoms with van der Waals surface area (Å²) in [6, 6.07) is 15.2. The molecule has 0 N–H and O–H groups in total. The molecular weight excluding hydrogens is 424 g/mol. The quantitative estimate of drug-likeness (QED) is 0.336. The number of fused-ring (bicyclic) bond motifs is 1. The maximum absolute atomic E-state index is 11.2. The Kier molecular flexibility index (Phi) is 4.91. The van der Waals surface area contributed by atoms with E-state index in [0.29, 0.717) is 10.9 Å². The molecule has 21 heavy (non-hydrogen) atoms. The third-order valence-electron chi connectivity index (χ3n) is 2.32. The van der Waals surface area contributed by atoms with Crippen molar-refractivity contribution in [2.24, 2.45) is 0 Å². The summed E-state index contributed by atoms with van der Waals surface area (Å²) in [5, 5.41) is 2.77. The molecule has 0 saturated heterocycles. The van der Waals surface area contributed by atoms with Crippen molar-refractivity contribution in [3.63, 3.8) is 0 Å². The van der Waals surface area contributed by atoms with Gasteiger partial charge in [-0.05, 0) is 21.7 Å². The molecule has 0 aliphatic heterocycles. The van der Waals surface area contributed by atoms with Gasteiger partial charge in [-0.3, -0.25) is 0 Å². The van der Waals surface area contributed by atoms with Gasteiger partial charge in [0.2, 0.25) is 0 Å². The fourth-order valence-corrected chi connectivity index (χ4v) is 2.60. The fourth-order valence-electron chi connectivity index (χ4n) is 1.73. The summed E-state index contributed by atoms with van der Waals surface area (Å²) in [4.78, 5) is 0. The molecule has 0 aromatic heterocycles. The van der Waals surface area contributed by atoms with Crippen LogP contribution in [0.4, 0.5) is 16.9 Å². The molecule has 120 valence electrons. The van der Waals surface area contributed by atoms with E-state index in [1.54, 1.807) is 0 Å². The van der Waals surface area contributed by atoms with E-state index in [0.717, 1.165) is 0 Å². The van der Waals surface area contributed by atoms with Gasteiger partial charge in [0.05, 0.1) is 12.5 Å². The van der Waals surface area contributed by atoms with E-state index >= 15 is 0 Å². The van der Waals surface area contributed by atoms with Gasteiger partial charge in [0, 0.05) is 5.56 Å². The predicted molar refractivity (Wildman–Crippen MR) is 79.3 cm³/mol. The predicted octanol–water partition coefficient (Wildman–Crippen LogP) is 5.36. The van der Waals surface area contributed by atoms with Gasteiger partial charge in [-0.1, -0.05) is 42.5 Å². The molecule has 0 nitrogen and oxygen atoms in total. The van der Waals surface area contributed by atoms with Gasteiger partial charge in [-0.25, -0.2) is 0 Å². The normalized spacial score (nSPS) is 15.1. The number of hydrogen-bond acceptors (Lipinski definition) is 0. The summed E-state index contributed by atoms with van der Waals surface area (Å²) < 4.78 is 59.6. The Labute approximate surface area is 124 Å². The van der Waals surface area contributed by atoms with Crippen LogP contribution in [0, 0.1) is 0 Å². The Hall–Kier alpha value is -0.552. The van der Waals surface area contributed by atoms with Crippen LogP contribution < -0.4 is 0 Å². The van der Waals surface area contributed by atoms with Gasteiger partial charge in [-0.2, -0.15) is 0 Å². The Morgan fingerprint density at radius 2 is 1.29 bits per heavy atom. The summed E-state index contributed by atoms with van der Waals surface area (Å²) in [5.74, 6) is 1.20. The second-order valence-electron chi connectivity index (χ2n) is 4.73. The van der Waals surface area contributed by atoms with Crippen LogP contribution in [0.5, 0.6) is 0 Å². The molecule has 2 aromatic rings. The Morgan fingerprint density at radius 3 is 1.81 bits per heavy atom. The van der Waals surface area contributed by atoms with Crippen LogP contribution in [-0.2, 0) is 16.6 Å². The third kappa shape index (κ3) is 9.91. The first-order valence-corrected chi connectivity index (χ1v) is 13.8. The molecule has 8 heteroatoms. The molecule has 0 radical (unpaired) electrons. The van der Waals surface area contributed by atoms with Crippen LogP contribution in [0.15, 0.2) is 42.5 Å². The molecule has 0 aliphatic rings. The Morgan fingerprint density at radius 1 is 0.810 bits per heavy atom. The SMILES string of the molecule is C[S+](C)Cc1cccc2ccccc12.[F][Sb-]([F])([F])([F])([F])[F]. The van der Waals surface area contributed by atoms with Crippen molar-refractivity contribution in [2.45, 2.75) is 5.75 Å². The van der Waals surface area contributed by atoms with E-state index in [9.17, 15) is 16.9 Å². The molecule has 0 spiro atoms. The van der Waals surface area contributed by atoms with Crippen LogP contribution in [0.3, 0.4) is 0 Å². The number of benzene rings is 2. The van der Waals surface area contributed by atoms with Crippen LogP contribution in [0.2, 0.25) is 0 Å². The molecule has 0 bridgehead atoms. The zero-order valence-electron chi connectivity index (χ0n) is 11.4. The number of rotatable bonds is 2. The zero-order valence-corrected chi connectivity index (χ0v) is 14.7. The first kappa shape index (κ1) is 18.5. The standard InChI is InChI=1S/C13H15S.6FH.Sb/c1-14(2)10-12-8-5-7-11-6-3-4-9-13(11)12;;;;;;;/h3-9H,10H2,1-2H3;6*1H;/q+1;;;;;;;+5/p-6. The summed E-state index contributed by atoms with van der Waals surface area (Å²) >= 11 is -11.2. The van der Waals surface area contributed by atoms with Crippen molar-refractivity contribution in [1.82, 2.24) is 0 Å². The van der Waals surface area contributed by atoms with E-state index in [1.165, 1.54) is 22.1 Å². The first-order chi connectivity index (χ1) is 9.22. The molecule has 0 atom stereocenters. The number of halogens is 6. The summed E-state index contributed by atoms with van der Waals surface area (Å²) in [6.45, 7) is 0. The van der Waals surface area contributed by atoms with E-state index in [2.05, 4.69) is 55.0 Å². The average molecular weight is 439 g/mol. The molecule has 0 saturated carbocycles. The van der Waals surface area contributed by atoms with Gasteiger partial charge in [0.1, 0.15) is 5.75 Å². The molecule has 0 heterocycles. The Bertz CT molecular complexity index is 604. The maximum atomic E-state index is 9.93. The molecule has 2 aromatic carbocycles. The van der Waals surface area contributed by atoms with Gasteiger partial charge < -0.3 is 0 Å². The minimum absolute atomic E-state index is 0.477. The van der Waals surface area contributed by atoms with Crippen molar-refractivity contribution in [2.75, 3.05) is 12.5 Å². The van der Waals surface area contributed by atoms with Crippen molar-refractivity contribution >= 4 is 41.1 Å². The summed E-state index contributed by atoms with van der Waals surface area (Å²) in [6.07, 6.45) is 4.59. The van der Waals surface area contributed by atoms with Gasteiger partial charge in [0.25, 0.3) is 0 Å². The molecule has 0 amide bonds. The zero-order chi connectivity index (χ0) is 16.4. The monoisotopic (exact) mass is 438 g/mol. The molecule has 0 fully saturated rings. The molecular formula is C13H15F6SSb. The van der Waals surface area contributed by atoms with Crippen LogP contribution in [0.25, 0.3) is 10.8 Å². The van der Waals surface area contributed by atoms with Crippen molar-refractivity contribution < 1.29 is 16.9 Å². The average Bonchev–Trinajstić information content (AvgIpc) is 2.24. The van der Waals surface area contributed by atoms with E-state index in [1.807, 2.05) is 0 Å². The Balaban J connectivity index is 0.000000270. The first-order valence-electron chi connectivity index (χ1n) is 5.79. The van der Waals surface area contributed by atoms with Crippen LogP contribution in [-0.4, -0.2) is 32.0 Å². The molecule has 0 unspecified atom stereocenters. The van der Waals surface area contributed by atoms with Gasteiger partial charge in [0.15, 0.2) is 0 Å². The second-order valence-corrected chi connectivity index (χ2v) is 12.5. The topological polar surface area (TPSA) is 0 Å². The van der Waals surface area contributed by atoms with Crippen molar-refractivity contribution in [3.8, 4) is 0 Å². The molecule has 0 aliphatic carbocycles. The second kappa shape index (κ2) is 5.58. The van der Waals surface area contributed by atoms with Crippen molar-refractivity contribution in [1.29, 1.82) is 0 Å². The van der Waals surface area contributed by atoms with Crippen molar-refractivity contribution in [3.05, 3.63) is 48.0 Å². The third-order valence-corrected chi connectivity index (χ3v) is 3.21. The molecule has 2 rings (SSSR count). The van der Waals surface area contributed by atoms with E-state index in [4.69, 9.17) is 0 Å². The van der Waals surface area contributed by atoms with E-state index in [-0.39, 0.29) is 0 Å². The van der Waals surface area contributed by atoms with Crippen LogP contribution in [0.1, 0.15) is 5.56 Å². The van der Waals surface area contributed by atoms with Crippen LogP contribution >= 0.6 is 0 Å². The van der Waals surface area contributed by atoms with E-state index < -0.39 is 19.5 Å². The summed E-state index contributed by atoms with van der Waals surface area (Å²) in [5.41, 5.74) is 1.48. The number of hydrogen-bond donors (Lipinski definition) is 0. The minimum atomic E-state index is -11.2. The van der Waals surface area contributed by atoms with Gasteiger partial charge >= 0.3 is 36.4 Å².